The zero-order valence-electron chi connectivity index (χ0n) is 6.76. The summed E-state index contributed by atoms with van der Waals surface area (Å²) in [7, 11) is 0. The molecular weight excluding hydrogens is 183 g/mol. The molecule has 0 N–H and O–H groups in total. The van der Waals surface area contributed by atoms with Gasteiger partial charge in [0.25, 0.3) is 5.24 Å². The van der Waals surface area contributed by atoms with E-state index in [2.05, 4.69) is 0 Å². The van der Waals surface area contributed by atoms with Crippen LogP contribution in [0, 0.1) is 5.92 Å². The Morgan fingerprint density at radius 2 is 2.17 bits per heavy atom. The van der Waals surface area contributed by atoms with Crippen LogP contribution in [0.2, 0.25) is 0 Å². The average Bonchev–Trinajstić information content (AvgIpc) is 2.06. The summed E-state index contributed by atoms with van der Waals surface area (Å²) in [5, 5.41) is -0.874. The van der Waals surface area contributed by atoms with Crippen LogP contribution in [0.4, 0.5) is 4.39 Å². The van der Waals surface area contributed by atoms with Crippen molar-refractivity contribution in [1.82, 2.24) is 0 Å². The lowest BCUT2D eigenvalue weighted by Gasteiger charge is -2.22. The summed E-state index contributed by atoms with van der Waals surface area (Å²) in [4.78, 5) is 10.4. The Labute approximate surface area is 76.0 Å². The minimum absolute atomic E-state index is 0.256. The van der Waals surface area contributed by atoms with Crippen LogP contribution >= 0.6 is 11.6 Å². The van der Waals surface area contributed by atoms with Crippen LogP contribution in [0.3, 0.4) is 0 Å². The van der Waals surface area contributed by atoms with Crippen molar-refractivity contribution in [2.45, 2.75) is 25.4 Å². The first-order valence-electron chi connectivity index (χ1n) is 4.11. The number of halogens is 2. The molecule has 1 atom stereocenters. The molecule has 1 aliphatic heterocycles. The van der Waals surface area contributed by atoms with Crippen molar-refractivity contribution in [2.75, 3.05) is 13.2 Å². The van der Waals surface area contributed by atoms with Gasteiger partial charge in [-0.2, -0.15) is 0 Å². The van der Waals surface area contributed by atoms with E-state index in [1.54, 1.807) is 0 Å². The van der Waals surface area contributed by atoms with Crippen molar-refractivity contribution in [2.24, 2.45) is 5.92 Å². The highest BCUT2D eigenvalue weighted by atomic mass is 35.5. The Balaban J connectivity index is 2.24. The third-order valence-corrected chi connectivity index (χ3v) is 2.36. The van der Waals surface area contributed by atoms with Crippen molar-refractivity contribution in [3.05, 3.63) is 0 Å². The van der Waals surface area contributed by atoms with E-state index in [0.29, 0.717) is 13.2 Å². The monoisotopic (exact) mass is 194 g/mol. The maximum absolute atomic E-state index is 12.8. The summed E-state index contributed by atoms with van der Waals surface area (Å²) < 4.78 is 17.9. The normalized spacial score (nSPS) is 22.2. The second-order valence-electron chi connectivity index (χ2n) is 3.06. The van der Waals surface area contributed by atoms with Gasteiger partial charge in [-0.25, -0.2) is 4.39 Å². The number of alkyl halides is 1. The van der Waals surface area contributed by atoms with Crippen LogP contribution in [0.15, 0.2) is 0 Å². The van der Waals surface area contributed by atoms with E-state index in [-0.39, 0.29) is 12.3 Å². The van der Waals surface area contributed by atoms with Crippen LogP contribution in [0.25, 0.3) is 0 Å². The molecule has 1 heterocycles. The van der Waals surface area contributed by atoms with Crippen LogP contribution in [0.5, 0.6) is 0 Å². The molecule has 0 aromatic rings. The molecule has 0 aromatic carbocycles. The summed E-state index contributed by atoms with van der Waals surface area (Å²) in [6, 6.07) is 0. The summed E-state index contributed by atoms with van der Waals surface area (Å²) in [6.45, 7) is 1.35. The highest BCUT2D eigenvalue weighted by molar-refractivity contribution is 6.64. The van der Waals surface area contributed by atoms with Gasteiger partial charge in [-0.3, -0.25) is 4.79 Å². The maximum Gasteiger partial charge on any atom is 0.255 e. The number of ether oxygens (including phenoxy) is 1. The van der Waals surface area contributed by atoms with Gasteiger partial charge in [0.15, 0.2) is 6.17 Å². The minimum Gasteiger partial charge on any atom is -0.381 e. The molecule has 1 unspecified atom stereocenters. The van der Waals surface area contributed by atoms with Crippen molar-refractivity contribution in [3.63, 3.8) is 0 Å². The summed E-state index contributed by atoms with van der Waals surface area (Å²) >= 11 is 5.00. The quantitative estimate of drug-likeness (QED) is 0.642. The Morgan fingerprint density at radius 1 is 1.58 bits per heavy atom. The van der Waals surface area contributed by atoms with E-state index >= 15 is 0 Å². The van der Waals surface area contributed by atoms with Crippen LogP contribution < -0.4 is 0 Å². The van der Waals surface area contributed by atoms with Gasteiger partial charge in [0, 0.05) is 13.2 Å². The van der Waals surface area contributed by atoms with Gasteiger partial charge in [-0.15, -0.1) is 0 Å². The maximum atomic E-state index is 12.8. The van der Waals surface area contributed by atoms with Gasteiger partial charge in [0.2, 0.25) is 0 Å². The predicted molar refractivity (Wildman–Crippen MR) is 43.9 cm³/mol. The van der Waals surface area contributed by atoms with Crippen molar-refractivity contribution in [1.29, 1.82) is 0 Å². The van der Waals surface area contributed by atoms with Gasteiger partial charge in [-0.05, 0) is 36.8 Å². The minimum atomic E-state index is -1.49. The molecule has 12 heavy (non-hydrogen) atoms. The van der Waals surface area contributed by atoms with E-state index in [0.717, 1.165) is 12.8 Å². The second kappa shape index (κ2) is 4.77. The fraction of sp³-hybridized carbons (Fsp3) is 0.875. The summed E-state index contributed by atoms with van der Waals surface area (Å²) in [6.07, 6.45) is 0.440. The summed E-state index contributed by atoms with van der Waals surface area (Å²) in [5.41, 5.74) is 0. The Kier molecular flexibility index (Phi) is 3.95. The van der Waals surface area contributed by atoms with Gasteiger partial charge < -0.3 is 4.74 Å². The molecule has 0 aliphatic carbocycles. The Bertz CT molecular complexity index is 157. The van der Waals surface area contributed by atoms with Crippen LogP contribution in [-0.4, -0.2) is 24.6 Å². The largest absolute Gasteiger partial charge is 0.381 e. The zero-order chi connectivity index (χ0) is 8.97. The zero-order valence-corrected chi connectivity index (χ0v) is 7.52. The lowest BCUT2D eigenvalue weighted by molar-refractivity contribution is -0.116. The SMILES string of the molecule is O=C(Cl)C(F)CC1CCOCC1. The smallest absolute Gasteiger partial charge is 0.255 e. The molecule has 0 aromatic heterocycles. The van der Waals surface area contributed by atoms with E-state index < -0.39 is 11.4 Å². The molecule has 4 heteroatoms. The topological polar surface area (TPSA) is 26.3 Å². The first-order valence-corrected chi connectivity index (χ1v) is 4.49. The van der Waals surface area contributed by atoms with Gasteiger partial charge in [0.05, 0.1) is 0 Å². The molecule has 1 saturated heterocycles. The van der Waals surface area contributed by atoms with E-state index in [1.165, 1.54) is 0 Å². The summed E-state index contributed by atoms with van der Waals surface area (Å²) in [5.74, 6) is 0.261. The molecular formula is C8H12ClFO2. The van der Waals surface area contributed by atoms with Crippen LogP contribution in [-0.2, 0) is 9.53 Å². The third-order valence-electron chi connectivity index (χ3n) is 2.13. The van der Waals surface area contributed by atoms with Crippen LogP contribution in [0.1, 0.15) is 19.3 Å². The predicted octanol–water partition coefficient (Wildman–Crippen LogP) is 1.91. The molecule has 1 rings (SSSR count). The Hall–Kier alpha value is -0.150. The number of rotatable bonds is 3. The first-order chi connectivity index (χ1) is 5.70. The van der Waals surface area contributed by atoms with Gasteiger partial charge >= 0.3 is 0 Å². The molecule has 0 radical (unpaired) electrons. The number of carbonyl (C=O) groups is 1. The van der Waals surface area contributed by atoms with E-state index in [1.807, 2.05) is 0 Å². The fourth-order valence-corrected chi connectivity index (χ4v) is 1.46. The molecule has 1 fully saturated rings. The first kappa shape index (κ1) is 9.93. The molecule has 0 bridgehead atoms. The lowest BCUT2D eigenvalue weighted by Crippen LogP contribution is -2.21. The van der Waals surface area contributed by atoms with E-state index in [9.17, 15) is 9.18 Å². The molecule has 0 spiro atoms. The second-order valence-corrected chi connectivity index (χ2v) is 3.44. The molecule has 2 nitrogen and oxygen atoms in total. The molecule has 1 aliphatic rings. The average molecular weight is 195 g/mol. The highest BCUT2D eigenvalue weighted by Crippen LogP contribution is 2.22. The Morgan fingerprint density at radius 3 is 2.67 bits per heavy atom. The lowest BCUT2D eigenvalue weighted by atomic mass is 9.94. The van der Waals surface area contributed by atoms with Crippen molar-refractivity contribution >= 4 is 16.8 Å². The third kappa shape index (κ3) is 3.07. The van der Waals surface area contributed by atoms with E-state index in [4.69, 9.17) is 16.3 Å². The number of carbonyl (C=O) groups excluding carboxylic acids is 1. The van der Waals surface area contributed by atoms with Crippen molar-refractivity contribution < 1.29 is 13.9 Å². The molecule has 0 amide bonds. The highest BCUT2D eigenvalue weighted by Gasteiger charge is 2.22. The fourth-order valence-electron chi connectivity index (χ4n) is 1.37. The van der Waals surface area contributed by atoms with Gasteiger partial charge in [-0.1, -0.05) is 0 Å². The van der Waals surface area contributed by atoms with Crippen molar-refractivity contribution in [3.8, 4) is 0 Å². The standard InChI is InChI=1S/C8H12ClFO2/c9-8(11)7(10)5-6-1-3-12-4-2-6/h6-7H,1-5H2. The number of hydrogen-bond donors (Lipinski definition) is 0. The molecule has 70 valence electrons. The molecule has 0 saturated carbocycles. The van der Waals surface area contributed by atoms with Gasteiger partial charge in [0.1, 0.15) is 0 Å². The number of hydrogen-bond acceptors (Lipinski definition) is 2.